The largest absolute Gasteiger partial charge is 0.493 e. The molecule has 0 saturated carbocycles. The maximum Gasteiger partial charge on any atom is 0.471 e. The number of rotatable bonds is 9. The lowest BCUT2D eigenvalue weighted by molar-refractivity contribution is -0.173. The van der Waals surface area contributed by atoms with Crippen molar-refractivity contribution in [3.8, 4) is 28.7 Å². The molecule has 37 heavy (non-hydrogen) atoms. The van der Waals surface area contributed by atoms with Crippen LogP contribution in [0.25, 0.3) is 0 Å². The second kappa shape index (κ2) is 10.2. The molecule has 2 heterocycles. The summed E-state index contributed by atoms with van der Waals surface area (Å²) in [6.45, 7) is -0.383. The maximum absolute atomic E-state index is 12.7. The van der Waals surface area contributed by atoms with Crippen LogP contribution in [0.15, 0.2) is 18.2 Å². The zero-order valence-corrected chi connectivity index (χ0v) is 20.3. The van der Waals surface area contributed by atoms with Crippen molar-refractivity contribution < 1.29 is 55.9 Å². The minimum absolute atomic E-state index is 0.00647. The van der Waals surface area contributed by atoms with Gasteiger partial charge < -0.3 is 38.5 Å². The number of methoxy groups -OCH3 is 4. The number of carbonyl (C=O) groups excluding carboxylic acids is 2. The zero-order chi connectivity index (χ0) is 26.9. The SMILES string of the molecule is COC(=O)c1c([C@@H]2O[C@H]2c2c(CCNC(=O)C(F)(F)F)cc3c(c2OC)OCO3)ccc(OC)c1OC. The minimum atomic E-state index is -5.00. The van der Waals surface area contributed by atoms with Crippen molar-refractivity contribution >= 4 is 11.9 Å². The summed E-state index contributed by atoms with van der Waals surface area (Å²) in [5.74, 6) is -1.31. The first-order valence-corrected chi connectivity index (χ1v) is 11.0. The van der Waals surface area contributed by atoms with E-state index in [0.717, 1.165) is 0 Å². The van der Waals surface area contributed by atoms with Crippen molar-refractivity contribution in [2.24, 2.45) is 0 Å². The topological polar surface area (TPSA) is 114 Å². The second-order valence-electron chi connectivity index (χ2n) is 7.95. The van der Waals surface area contributed by atoms with Gasteiger partial charge in [0.1, 0.15) is 17.8 Å². The van der Waals surface area contributed by atoms with Crippen LogP contribution in [0.1, 0.15) is 39.3 Å². The third-order valence-corrected chi connectivity index (χ3v) is 5.94. The zero-order valence-electron chi connectivity index (χ0n) is 20.3. The Morgan fingerprint density at radius 1 is 1.03 bits per heavy atom. The molecule has 2 aliphatic rings. The molecule has 0 aromatic heterocycles. The molecule has 0 aliphatic carbocycles. The molecule has 0 unspecified atom stereocenters. The molecule has 4 rings (SSSR count). The van der Waals surface area contributed by atoms with Crippen molar-refractivity contribution in [1.29, 1.82) is 0 Å². The first-order chi connectivity index (χ1) is 17.7. The number of benzene rings is 2. The van der Waals surface area contributed by atoms with Crippen molar-refractivity contribution in [2.45, 2.75) is 24.8 Å². The van der Waals surface area contributed by atoms with Gasteiger partial charge in [-0.3, -0.25) is 4.79 Å². The van der Waals surface area contributed by atoms with Gasteiger partial charge in [0.25, 0.3) is 0 Å². The van der Waals surface area contributed by atoms with Crippen molar-refractivity contribution in [1.82, 2.24) is 5.32 Å². The molecule has 2 aromatic carbocycles. The Morgan fingerprint density at radius 3 is 2.38 bits per heavy atom. The molecular weight excluding hydrogens is 503 g/mol. The first kappa shape index (κ1) is 26.2. The number of hydrogen-bond donors (Lipinski definition) is 1. The Hall–Kier alpha value is -3.87. The van der Waals surface area contributed by atoms with Gasteiger partial charge >= 0.3 is 18.1 Å². The van der Waals surface area contributed by atoms with Crippen LogP contribution in [0.5, 0.6) is 28.7 Å². The molecule has 0 bridgehead atoms. The van der Waals surface area contributed by atoms with E-state index in [1.165, 1.54) is 28.4 Å². The van der Waals surface area contributed by atoms with Crippen LogP contribution in [0.2, 0.25) is 0 Å². The average molecular weight is 527 g/mol. The molecule has 2 atom stereocenters. The van der Waals surface area contributed by atoms with Gasteiger partial charge in [-0.05, 0) is 24.1 Å². The van der Waals surface area contributed by atoms with E-state index < -0.39 is 30.3 Å². The fraction of sp³-hybridized carbons (Fsp3) is 0.417. The summed E-state index contributed by atoms with van der Waals surface area (Å²) in [5, 5.41) is 1.86. The van der Waals surface area contributed by atoms with Crippen LogP contribution in [0, 0.1) is 0 Å². The molecule has 2 aliphatic heterocycles. The highest BCUT2D eigenvalue weighted by atomic mass is 19.4. The van der Waals surface area contributed by atoms with Gasteiger partial charge in [0.2, 0.25) is 12.5 Å². The molecule has 13 heteroatoms. The molecule has 1 saturated heterocycles. The second-order valence-corrected chi connectivity index (χ2v) is 7.95. The predicted molar refractivity (Wildman–Crippen MR) is 119 cm³/mol. The van der Waals surface area contributed by atoms with Crippen LogP contribution in [0.4, 0.5) is 13.2 Å². The third-order valence-electron chi connectivity index (χ3n) is 5.94. The molecule has 1 N–H and O–H groups in total. The number of carbonyl (C=O) groups is 2. The molecular formula is C24H24F3NO9. The Bertz CT molecular complexity index is 1220. The van der Waals surface area contributed by atoms with Crippen molar-refractivity contribution in [3.63, 3.8) is 0 Å². The van der Waals surface area contributed by atoms with Crippen LogP contribution in [0.3, 0.4) is 0 Å². The molecule has 200 valence electrons. The highest BCUT2D eigenvalue weighted by Gasteiger charge is 2.48. The van der Waals surface area contributed by atoms with E-state index in [0.29, 0.717) is 33.9 Å². The van der Waals surface area contributed by atoms with Gasteiger partial charge in [-0.25, -0.2) is 4.79 Å². The molecule has 1 amide bonds. The summed E-state index contributed by atoms with van der Waals surface area (Å²) in [7, 11) is 5.44. The first-order valence-electron chi connectivity index (χ1n) is 11.0. The number of amides is 1. The molecule has 0 spiro atoms. The van der Waals surface area contributed by atoms with E-state index >= 15 is 0 Å². The van der Waals surface area contributed by atoms with Gasteiger partial charge in [0, 0.05) is 17.7 Å². The van der Waals surface area contributed by atoms with Crippen molar-refractivity contribution in [2.75, 3.05) is 41.8 Å². The van der Waals surface area contributed by atoms with Gasteiger partial charge in [0.15, 0.2) is 23.0 Å². The summed E-state index contributed by atoms with van der Waals surface area (Å²) in [6.07, 6.45) is -6.32. The van der Waals surface area contributed by atoms with Gasteiger partial charge in [-0.1, -0.05) is 6.07 Å². The molecule has 10 nitrogen and oxygen atoms in total. The highest BCUT2D eigenvalue weighted by Crippen LogP contribution is 2.59. The normalized spacial score (nSPS) is 17.7. The van der Waals surface area contributed by atoms with E-state index in [4.69, 9.17) is 33.2 Å². The average Bonchev–Trinajstić information content (AvgIpc) is 3.52. The number of alkyl halides is 3. The number of epoxide rings is 1. The van der Waals surface area contributed by atoms with Crippen LogP contribution < -0.4 is 29.0 Å². The number of nitrogens with one attached hydrogen (secondary N) is 1. The van der Waals surface area contributed by atoms with E-state index in [1.54, 1.807) is 18.2 Å². The summed E-state index contributed by atoms with van der Waals surface area (Å²) < 4.78 is 76.1. The lowest BCUT2D eigenvalue weighted by Gasteiger charge is -2.17. The van der Waals surface area contributed by atoms with Gasteiger partial charge in [-0.2, -0.15) is 13.2 Å². The Balaban J connectivity index is 1.72. The lowest BCUT2D eigenvalue weighted by atomic mass is 9.93. The monoisotopic (exact) mass is 527 g/mol. The summed E-state index contributed by atoms with van der Waals surface area (Å²) in [4.78, 5) is 24.0. The fourth-order valence-electron chi connectivity index (χ4n) is 4.27. The molecule has 1 fully saturated rings. The Labute approximate surface area is 209 Å². The van der Waals surface area contributed by atoms with Crippen LogP contribution >= 0.6 is 0 Å². The van der Waals surface area contributed by atoms with E-state index in [-0.39, 0.29) is 36.8 Å². The Morgan fingerprint density at radius 2 is 1.76 bits per heavy atom. The third kappa shape index (κ3) is 4.90. The Kier molecular flexibility index (Phi) is 7.25. The number of ether oxygens (including phenoxy) is 7. The smallest absolute Gasteiger partial charge is 0.471 e. The predicted octanol–water partition coefficient (Wildman–Crippen LogP) is 3.26. The van der Waals surface area contributed by atoms with E-state index in [9.17, 15) is 22.8 Å². The van der Waals surface area contributed by atoms with Gasteiger partial charge in [0.05, 0.1) is 28.4 Å². The van der Waals surface area contributed by atoms with Crippen LogP contribution in [-0.2, 0) is 20.7 Å². The standard InChI is InChI=1S/C24H24F3NO9/c1-31-13-6-5-12(16(18(13)32-2)22(29)34-4)17-21(37-17)15-11(7-8-28-23(30)24(25,26)27)9-14-19(20(15)33-3)36-10-35-14/h5-6,9,17,21H,7-8,10H2,1-4H3,(H,28,30)/t17-,21-/m0/s1. The van der Waals surface area contributed by atoms with Crippen molar-refractivity contribution in [3.05, 3.63) is 40.5 Å². The fourth-order valence-corrected chi connectivity index (χ4v) is 4.27. The number of fused-ring (bicyclic) bond motifs is 1. The van der Waals surface area contributed by atoms with Crippen LogP contribution in [-0.4, -0.2) is 59.8 Å². The maximum atomic E-state index is 12.7. The molecule has 2 aromatic rings. The summed E-state index contributed by atoms with van der Waals surface area (Å²) in [6, 6.07) is 4.86. The highest BCUT2D eigenvalue weighted by molar-refractivity contribution is 5.95. The number of halogens is 3. The quantitative estimate of drug-likeness (QED) is 0.388. The molecule has 0 radical (unpaired) electrons. The number of hydrogen-bond acceptors (Lipinski definition) is 9. The van der Waals surface area contributed by atoms with Gasteiger partial charge in [-0.15, -0.1) is 0 Å². The minimum Gasteiger partial charge on any atom is -0.493 e. The van der Waals surface area contributed by atoms with E-state index in [2.05, 4.69) is 0 Å². The number of esters is 1. The van der Waals surface area contributed by atoms with E-state index in [1.807, 2.05) is 5.32 Å². The lowest BCUT2D eigenvalue weighted by Crippen LogP contribution is -2.37. The summed E-state index contributed by atoms with van der Waals surface area (Å²) >= 11 is 0. The summed E-state index contributed by atoms with van der Waals surface area (Å²) in [5.41, 5.74) is 1.56.